The largest absolute Gasteiger partial charge is 0.368 e. The molecular weight excluding hydrogens is 366 g/mol. The Balaban J connectivity index is 1.87. The molecule has 0 N–H and O–H groups in total. The van der Waals surface area contributed by atoms with E-state index in [1.807, 2.05) is 30.3 Å². The summed E-state index contributed by atoms with van der Waals surface area (Å²) in [6, 6.07) is 13.9. The van der Waals surface area contributed by atoms with Crippen LogP contribution < -0.4 is 0 Å². The Morgan fingerprint density at radius 3 is 2.67 bits per heavy atom. The van der Waals surface area contributed by atoms with Crippen LogP contribution in [0.2, 0.25) is 0 Å². The Bertz CT molecular complexity index is 802. The zero-order valence-corrected chi connectivity index (χ0v) is 15.4. The zero-order valence-electron chi connectivity index (χ0n) is 13.8. The molecule has 2 aromatic rings. The maximum atomic E-state index is 13.1. The SMILES string of the molecule is CN(C)C[C@H]1C[C@@H]2c3ccccc3C(=O)c3ccc(Br)cc3[C@H]2O1. The molecule has 0 amide bonds. The fourth-order valence-corrected chi connectivity index (χ4v) is 4.40. The van der Waals surface area contributed by atoms with E-state index in [2.05, 4.69) is 47.1 Å². The van der Waals surface area contributed by atoms with Crippen molar-refractivity contribution in [2.45, 2.75) is 24.5 Å². The molecule has 4 heteroatoms. The summed E-state index contributed by atoms with van der Waals surface area (Å²) in [5, 5.41) is 0. The molecule has 1 aliphatic heterocycles. The topological polar surface area (TPSA) is 29.5 Å². The third-order valence-corrected chi connectivity index (χ3v) is 5.45. The zero-order chi connectivity index (χ0) is 16.8. The molecule has 3 atom stereocenters. The van der Waals surface area contributed by atoms with Crippen molar-refractivity contribution in [1.29, 1.82) is 0 Å². The highest BCUT2D eigenvalue weighted by atomic mass is 79.9. The first-order chi connectivity index (χ1) is 11.5. The number of ether oxygens (including phenoxy) is 1. The first-order valence-corrected chi connectivity index (χ1v) is 9.07. The molecule has 0 aromatic heterocycles. The van der Waals surface area contributed by atoms with Crippen LogP contribution in [0.5, 0.6) is 0 Å². The average molecular weight is 386 g/mol. The third kappa shape index (κ3) is 2.63. The number of carbonyl (C=O) groups excluding carboxylic acids is 1. The highest BCUT2D eigenvalue weighted by molar-refractivity contribution is 9.10. The molecule has 1 aliphatic carbocycles. The summed E-state index contributed by atoms with van der Waals surface area (Å²) in [6.45, 7) is 0.895. The predicted molar refractivity (Wildman–Crippen MR) is 97.5 cm³/mol. The molecule has 124 valence electrons. The molecule has 1 fully saturated rings. The molecule has 0 radical (unpaired) electrons. The van der Waals surface area contributed by atoms with Gasteiger partial charge in [-0.2, -0.15) is 0 Å². The molecule has 1 heterocycles. The van der Waals surface area contributed by atoms with E-state index < -0.39 is 0 Å². The van der Waals surface area contributed by atoms with Gasteiger partial charge in [0.15, 0.2) is 5.78 Å². The predicted octanol–water partition coefficient (Wildman–Crippen LogP) is 4.17. The number of likely N-dealkylation sites (N-methyl/N-ethyl adjacent to an activating group) is 1. The van der Waals surface area contributed by atoms with Crippen molar-refractivity contribution < 1.29 is 9.53 Å². The Hall–Kier alpha value is -1.49. The van der Waals surface area contributed by atoms with Crippen molar-refractivity contribution in [2.75, 3.05) is 20.6 Å². The molecule has 2 aromatic carbocycles. The van der Waals surface area contributed by atoms with Crippen molar-refractivity contribution in [3.05, 3.63) is 69.2 Å². The van der Waals surface area contributed by atoms with E-state index in [4.69, 9.17) is 4.74 Å². The van der Waals surface area contributed by atoms with E-state index in [-0.39, 0.29) is 23.9 Å². The molecule has 4 rings (SSSR count). The van der Waals surface area contributed by atoms with Gasteiger partial charge in [-0.1, -0.05) is 40.2 Å². The van der Waals surface area contributed by atoms with Crippen molar-refractivity contribution in [3.63, 3.8) is 0 Å². The van der Waals surface area contributed by atoms with Crippen LogP contribution in [0.3, 0.4) is 0 Å². The molecule has 2 aliphatic rings. The molecule has 24 heavy (non-hydrogen) atoms. The lowest BCUT2D eigenvalue weighted by Gasteiger charge is -2.20. The molecule has 0 spiro atoms. The van der Waals surface area contributed by atoms with Crippen molar-refractivity contribution in [3.8, 4) is 0 Å². The van der Waals surface area contributed by atoms with E-state index >= 15 is 0 Å². The van der Waals surface area contributed by atoms with Gasteiger partial charge in [0.25, 0.3) is 0 Å². The summed E-state index contributed by atoms with van der Waals surface area (Å²) >= 11 is 3.55. The van der Waals surface area contributed by atoms with Crippen LogP contribution in [0.25, 0.3) is 0 Å². The summed E-state index contributed by atoms with van der Waals surface area (Å²) in [6.07, 6.45) is 1.07. The summed E-state index contributed by atoms with van der Waals surface area (Å²) in [4.78, 5) is 15.2. The smallest absolute Gasteiger partial charge is 0.193 e. The lowest BCUT2D eigenvalue weighted by atomic mass is 9.87. The minimum Gasteiger partial charge on any atom is -0.368 e. The van der Waals surface area contributed by atoms with Crippen LogP contribution in [0, 0.1) is 0 Å². The normalized spacial score (nSPS) is 25.2. The van der Waals surface area contributed by atoms with Crippen LogP contribution in [-0.2, 0) is 4.74 Å². The van der Waals surface area contributed by atoms with E-state index in [1.54, 1.807) is 0 Å². The Kier molecular flexibility index (Phi) is 4.07. The van der Waals surface area contributed by atoms with E-state index in [9.17, 15) is 4.79 Å². The molecular formula is C20H20BrNO2. The van der Waals surface area contributed by atoms with Gasteiger partial charge in [0, 0.05) is 28.1 Å². The number of rotatable bonds is 2. The van der Waals surface area contributed by atoms with Gasteiger partial charge in [0.1, 0.15) is 0 Å². The fraction of sp³-hybridized carbons (Fsp3) is 0.350. The van der Waals surface area contributed by atoms with Crippen molar-refractivity contribution in [1.82, 2.24) is 4.90 Å². The highest BCUT2D eigenvalue weighted by Crippen LogP contribution is 2.49. The van der Waals surface area contributed by atoms with Crippen LogP contribution in [-0.4, -0.2) is 37.4 Å². The first-order valence-electron chi connectivity index (χ1n) is 8.28. The van der Waals surface area contributed by atoms with Crippen molar-refractivity contribution >= 4 is 21.7 Å². The molecule has 0 bridgehead atoms. The van der Waals surface area contributed by atoms with Gasteiger partial charge in [-0.25, -0.2) is 0 Å². The lowest BCUT2D eigenvalue weighted by Crippen LogP contribution is -2.25. The Labute approximate surface area is 150 Å². The number of hydrogen-bond acceptors (Lipinski definition) is 3. The van der Waals surface area contributed by atoms with E-state index in [0.29, 0.717) is 0 Å². The number of halogens is 1. The van der Waals surface area contributed by atoms with Gasteiger partial charge >= 0.3 is 0 Å². The summed E-state index contributed by atoms with van der Waals surface area (Å²) in [5.74, 6) is 0.334. The number of carbonyl (C=O) groups is 1. The summed E-state index contributed by atoms with van der Waals surface area (Å²) < 4.78 is 7.41. The quantitative estimate of drug-likeness (QED) is 0.776. The summed E-state index contributed by atoms with van der Waals surface area (Å²) in [7, 11) is 4.14. The maximum Gasteiger partial charge on any atom is 0.193 e. The second-order valence-corrected chi connectivity index (χ2v) is 7.85. The fourth-order valence-electron chi connectivity index (χ4n) is 4.02. The lowest BCUT2D eigenvalue weighted by molar-refractivity contribution is 0.0271. The van der Waals surface area contributed by atoms with Gasteiger partial charge in [-0.15, -0.1) is 0 Å². The highest BCUT2D eigenvalue weighted by Gasteiger charge is 2.42. The van der Waals surface area contributed by atoms with Crippen LogP contribution >= 0.6 is 15.9 Å². The molecule has 0 unspecified atom stereocenters. The molecule has 3 nitrogen and oxygen atoms in total. The Morgan fingerprint density at radius 1 is 1.12 bits per heavy atom. The number of fused-ring (bicyclic) bond motifs is 5. The van der Waals surface area contributed by atoms with E-state index in [1.165, 1.54) is 0 Å². The first kappa shape index (κ1) is 16.0. The second kappa shape index (κ2) is 6.10. The monoisotopic (exact) mass is 385 g/mol. The van der Waals surface area contributed by atoms with Gasteiger partial charge in [0.05, 0.1) is 12.2 Å². The number of ketones is 1. The Morgan fingerprint density at radius 2 is 1.88 bits per heavy atom. The third-order valence-electron chi connectivity index (χ3n) is 4.96. The van der Waals surface area contributed by atoms with Crippen LogP contribution in [0.4, 0.5) is 0 Å². The van der Waals surface area contributed by atoms with Gasteiger partial charge in [0.2, 0.25) is 0 Å². The second-order valence-electron chi connectivity index (χ2n) is 6.93. The summed E-state index contributed by atoms with van der Waals surface area (Å²) in [5.41, 5.74) is 3.73. The van der Waals surface area contributed by atoms with Crippen molar-refractivity contribution in [2.24, 2.45) is 0 Å². The average Bonchev–Trinajstić information content (AvgIpc) is 2.93. The van der Waals surface area contributed by atoms with Crippen LogP contribution in [0.1, 0.15) is 45.5 Å². The molecule has 0 saturated carbocycles. The molecule has 1 saturated heterocycles. The van der Waals surface area contributed by atoms with Crippen LogP contribution in [0.15, 0.2) is 46.9 Å². The maximum absolute atomic E-state index is 13.1. The minimum absolute atomic E-state index is 0.0601. The van der Waals surface area contributed by atoms with Gasteiger partial charge < -0.3 is 9.64 Å². The minimum atomic E-state index is -0.0601. The number of benzene rings is 2. The van der Waals surface area contributed by atoms with Gasteiger partial charge in [-0.3, -0.25) is 4.79 Å². The number of nitrogens with zero attached hydrogens (tertiary/aromatic N) is 1. The standard InChI is InChI=1S/C20H20BrNO2/c1-22(2)11-13-10-18-14-5-3-4-6-15(14)19(23)16-8-7-12(21)9-17(16)20(18)24-13/h3-9,13,18,20H,10-11H2,1-2H3/t13-,18-,20-/m1/s1. The van der Waals surface area contributed by atoms with Gasteiger partial charge in [-0.05, 0) is 49.8 Å². The van der Waals surface area contributed by atoms with E-state index in [0.717, 1.165) is 39.7 Å². The number of hydrogen-bond donors (Lipinski definition) is 0.